The molecule has 1 aliphatic rings. The Hall–Kier alpha value is -1.79. The van der Waals surface area contributed by atoms with Gasteiger partial charge < -0.3 is 20.1 Å². The Morgan fingerprint density at radius 2 is 2.00 bits per heavy atom. The van der Waals surface area contributed by atoms with Gasteiger partial charge in [0.1, 0.15) is 12.1 Å². The molecular weight excluding hydrogens is 216 g/mol. The second kappa shape index (κ2) is 4.38. The average molecular weight is 230 g/mol. The number of likely N-dealkylation sites (N-methyl/N-ethyl adjacent to an activating group) is 1. The van der Waals surface area contributed by atoms with Crippen LogP contribution in [0, 0.1) is 0 Å². The molecular formula is C9H14N2O5. The van der Waals surface area contributed by atoms with Crippen molar-refractivity contribution >= 4 is 18.0 Å². The molecule has 0 saturated heterocycles. The number of nitrogens with zero attached hydrogens (tertiary/aromatic N) is 1. The predicted molar refractivity (Wildman–Crippen MR) is 52.8 cm³/mol. The third-order valence-corrected chi connectivity index (χ3v) is 2.41. The molecule has 7 nitrogen and oxygen atoms in total. The molecule has 0 radical (unpaired) electrons. The topological polar surface area (TPSA) is 95.9 Å². The van der Waals surface area contributed by atoms with Gasteiger partial charge in [-0.05, 0) is 12.8 Å². The number of nitrogens with one attached hydrogen (secondary N) is 1. The molecule has 16 heavy (non-hydrogen) atoms. The minimum Gasteiger partial charge on any atom is -0.480 e. The van der Waals surface area contributed by atoms with Crippen LogP contribution in [0.5, 0.6) is 0 Å². The fourth-order valence-corrected chi connectivity index (χ4v) is 1.26. The van der Waals surface area contributed by atoms with E-state index >= 15 is 0 Å². The zero-order chi connectivity index (χ0) is 12.3. The Kier molecular flexibility index (Phi) is 3.36. The van der Waals surface area contributed by atoms with Crippen LogP contribution >= 0.6 is 0 Å². The summed E-state index contributed by atoms with van der Waals surface area (Å²) in [6.07, 6.45) is 0.210. The van der Waals surface area contributed by atoms with Crippen LogP contribution in [0.1, 0.15) is 12.8 Å². The number of hydrogen-bond donors (Lipinski definition) is 2. The molecule has 0 atom stereocenters. The van der Waals surface area contributed by atoms with Crippen molar-refractivity contribution in [1.29, 1.82) is 0 Å². The molecule has 0 spiro atoms. The number of aliphatic carboxylic acids is 1. The number of rotatable bonds is 4. The largest absolute Gasteiger partial charge is 0.480 e. The van der Waals surface area contributed by atoms with Crippen LogP contribution < -0.4 is 5.32 Å². The number of amides is 2. The predicted octanol–water partition coefficient (Wildman–Crippen LogP) is -0.582. The fourth-order valence-electron chi connectivity index (χ4n) is 1.26. The van der Waals surface area contributed by atoms with Crippen molar-refractivity contribution in [1.82, 2.24) is 10.2 Å². The highest BCUT2D eigenvalue weighted by molar-refractivity contribution is 5.91. The second-order valence-electron chi connectivity index (χ2n) is 3.76. The van der Waals surface area contributed by atoms with Crippen molar-refractivity contribution in [3.05, 3.63) is 0 Å². The molecule has 0 aromatic heterocycles. The van der Waals surface area contributed by atoms with Crippen molar-refractivity contribution in [3.63, 3.8) is 0 Å². The maximum Gasteiger partial charge on any atom is 0.409 e. The first-order chi connectivity index (χ1) is 7.41. The van der Waals surface area contributed by atoms with Gasteiger partial charge in [-0.1, -0.05) is 0 Å². The molecule has 0 heterocycles. The first-order valence-corrected chi connectivity index (χ1v) is 4.75. The number of carboxylic acid groups (broad SMARTS) is 1. The van der Waals surface area contributed by atoms with Gasteiger partial charge in [-0.3, -0.25) is 4.79 Å². The first kappa shape index (κ1) is 12.3. The van der Waals surface area contributed by atoms with Crippen molar-refractivity contribution in [2.45, 2.75) is 18.4 Å². The van der Waals surface area contributed by atoms with Gasteiger partial charge in [-0.2, -0.15) is 0 Å². The molecule has 0 aliphatic heterocycles. The smallest absolute Gasteiger partial charge is 0.409 e. The SMILES string of the molecule is COC(=O)N(C)CC(=O)NC1(C(=O)O)CC1. The Morgan fingerprint density at radius 1 is 1.44 bits per heavy atom. The quantitative estimate of drug-likeness (QED) is 0.673. The van der Waals surface area contributed by atoms with Gasteiger partial charge in [-0.25, -0.2) is 9.59 Å². The molecule has 90 valence electrons. The third kappa shape index (κ3) is 2.62. The highest BCUT2D eigenvalue weighted by atomic mass is 16.5. The zero-order valence-corrected chi connectivity index (χ0v) is 9.15. The monoisotopic (exact) mass is 230 g/mol. The summed E-state index contributed by atoms with van der Waals surface area (Å²) in [4.78, 5) is 34.2. The Balaban J connectivity index is 2.43. The lowest BCUT2D eigenvalue weighted by Gasteiger charge is -2.17. The summed E-state index contributed by atoms with van der Waals surface area (Å²) >= 11 is 0. The lowest BCUT2D eigenvalue weighted by Crippen LogP contribution is -2.47. The molecule has 0 aromatic rings. The summed E-state index contributed by atoms with van der Waals surface area (Å²) in [7, 11) is 2.60. The van der Waals surface area contributed by atoms with Crippen molar-refractivity contribution in [2.75, 3.05) is 20.7 Å². The van der Waals surface area contributed by atoms with E-state index < -0.39 is 23.5 Å². The molecule has 7 heteroatoms. The summed E-state index contributed by atoms with van der Waals surface area (Å²) < 4.78 is 4.40. The standard InChI is InChI=1S/C9H14N2O5/c1-11(8(15)16-2)5-6(12)10-9(3-4-9)7(13)14/h3-5H2,1-2H3,(H,10,12)(H,13,14). The summed E-state index contributed by atoms with van der Waals surface area (Å²) in [6.45, 7) is -0.221. The minimum absolute atomic E-state index is 0.221. The highest BCUT2D eigenvalue weighted by Crippen LogP contribution is 2.35. The summed E-state index contributed by atoms with van der Waals surface area (Å²) in [5, 5.41) is 11.2. The number of hydrogen-bond acceptors (Lipinski definition) is 4. The molecule has 0 bridgehead atoms. The Morgan fingerprint density at radius 3 is 2.38 bits per heavy atom. The lowest BCUT2D eigenvalue weighted by molar-refractivity contribution is -0.143. The summed E-state index contributed by atoms with van der Waals surface area (Å²) in [5.41, 5.74) is -1.12. The van der Waals surface area contributed by atoms with Crippen molar-refractivity contribution in [3.8, 4) is 0 Å². The number of ether oxygens (including phenoxy) is 1. The number of carbonyl (C=O) groups excluding carboxylic acids is 2. The maximum absolute atomic E-state index is 11.4. The molecule has 2 N–H and O–H groups in total. The molecule has 2 amide bonds. The molecule has 0 unspecified atom stereocenters. The van der Waals surface area contributed by atoms with E-state index in [2.05, 4.69) is 10.1 Å². The lowest BCUT2D eigenvalue weighted by atomic mass is 10.3. The average Bonchev–Trinajstić information content (AvgIpc) is 2.97. The minimum atomic E-state index is -1.12. The van der Waals surface area contributed by atoms with E-state index in [1.165, 1.54) is 14.2 Å². The van der Waals surface area contributed by atoms with E-state index in [1.807, 2.05) is 0 Å². The van der Waals surface area contributed by atoms with E-state index in [0.29, 0.717) is 12.8 Å². The molecule has 1 saturated carbocycles. The maximum atomic E-state index is 11.4. The van der Waals surface area contributed by atoms with Crippen LogP contribution in [0.3, 0.4) is 0 Å². The van der Waals surface area contributed by atoms with E-state index in [-0.39, 0.29) is 6.54 Å². The van der Waals surface area contributed by atoms with E-state index in [1.54, 1.807) is 0 Å². The normalized spacial score (nSPS) is 16.1. The van der Waals surface area contributed by atoms with Crippen LogP contribution in [0.15, 0.2) is 0 Å². The highest BCUT2D eigenvalue weighted by Gasteiger charge is 2.51. The fraction of sp³-hybridized carbons (Fsp3) is 0.667. The number of carbonyl (C=O) groups is 3. The van der Waals surface area contributed by atoms with Crippen LogP contribution in [-0.2, 0) is 14.3 Å². The van der Waals surface area contributed by atoms with Crippen molar-refractivity contribution < 1.29 is 24.2 Å². The van der Waals surface area contributed by atoms with E-state index in [4.69, 9.17) is 5.11 Å². The van der Waals surface area contributed by atoms with Crippen molar-refractivity contribution in [2.24, 2.45) is 0 Å². The zero-order valence-electron chi connectivity index (χ0n) is 9.15. The Bertz CT molecular complexity index is 324. The Labute approximate surface area is 92.4 Å². The third-order valence-electron chi connectivity index (χ3n) is 2.41. The van der Waals surface area contributed by atoms with Crippen LogP contribution in [0.2, 0.25) is 0 Å². The molecule has 1 fully saturated rings. The summed E-state index contributed by atoms with van der Waals surface area (Å²) in [5.74, 6) is -1.55. The molecule has 1 aliphatic carbocycles. The van der Waals surface area contributed by atoms with E-state index in [0.717, 1.165) is 4.90 Å². The van der Waals surface area contributed by atoms with Gasteiger partial charge in [0, 0.05) is 7.05 Å². The first-order valence-electron chi connectivity index (χ1n) is 4.75. The molecule has 0 aromatic carbocycles. The van der Waals surface area contributed by atoms with Crippen LogP contribution in [-0.4, -0.2) is 54.2 Å². The van der Waals surface area contributed by atoms with Gasteiger partial charge in [0.05, 0.1) is 7.11 Å². The van der Waals surface area contributed by atoms with Crippen LogP contribution in [0.25, 0.3) is 0 Å². The van der Waals surface area contributed by atoms with Crippen LogP contribution in [0.4, 0.5) is 4.79 Å². The van der Waals surface area contributed by atoms with E-state index in [9.17, 15) is 14.4 Å². The second-order valence-corrected chi connectivity index (χ2v) is 3.76. The summed E-state index contributed by atoms with van der Waals surface area (Å²) in [6, 6.07) is 0. The van der Waals surface area contributed by atoms with Gasteiger partial charge in [0.15, 0.2) is 0 Å². The van der Waals surface area contributed by atoms with Gasteiger partial charge in [0.2, 0.25) is 5.91 Å². The number of methoxy groups -OCH3 is 1. The number of carboxylic acids is 1. The van der Waals surface area contributed by atoms with Gasteiger partial charge >= 0.3 is 12.1 Å². The molecule has 1 rings (SSSR count). The van der Waals surface area contributed by atoms with Gasteiger partial charge in [-0.15, -0.1) is 0 Å². The van der Waals surface area contributed by atoms with Gasteiger partial charge in [0.25, 0.3) is 0 Å².